The molecule has 0 heterocycles. The summed E-state index contributed by atoms with van der Waals surface area (Å²) in [6.07, 6.45) is 8.82. The molecular formula is C26H41N3O6. The number of hydrogen-bond donors (Lipinski definition) is 3. The highest BCUT2D eigenvalue weighted by molar-refractivity contribution is 5.90. The third-order valence-corrected chi connectivity index (χ3v) is 5.90. The highest BCUT2D eigenvalue weighted by atomic mass is 16.6. The van der Waals surface area contributed by atoms with E-state index in [2.05, 4.69) is 16.1 Å². The van der Waals surface area contributed by atoms with E-state index in [1.165, 1.54) is 0 Å². The smallest absolute Gasteiger partial charge is 0.323 e. The van der Waals surface area contributed by atoms with Crippen molar-refractivity contribution in [2.45, 2.75) is 89.7 Å². The first-order chi connectivity index (χ1) is 17.0. The molecule has 0 unspecified atom stereocenters. The summed E-state index contributed by atoms with van der Waals surface area (Å²) in [5, 5.41) is 5.91. The number of anilines is 1. The van der Waals surface area contributed by atoms with E-state index in [0.717, 1.165) is 51.4 Å². The predicted octanol–water partition coefficient (Wildman–Crippen LogP) is 3.88. The number of esters is 1. The Bertz CT molecular complexity index is 782. The fraction of sp³-hybridized carbons (Fsp3) is 0.654. The molecule has 1 saturated carbocycles. The molecular weight excluding hydrogens is 450 g/mol. The van der Waals surface area contributed by atoms with Crippen molar-refractivity contribution in [1.29, 1.82) is 0 Å². The number of hydroxylamine groups is 1. The maximum absolute atomic E-state index is 12.3. The van der Waals surface area contributed by atoms with Gasteiger partial charge in [0.2, 0.25) is 11.8 Å². The first-order valence-electron chi connectivity index (χ1n) is 12.8. The predicted molar refractivity (Wildman–Crippen MR) is 134 cm³/mol. The van der Waals surface area contributed by atoms with E-state index in [9.17, 15) is 14.4 Å². The minimum Gasteiger partial charge on any atom is -0.493 e. The fourth-order valence-electron chi connectivity index (χ4n) is 3.94. The number of carbonyl (C=O) groups is 3. The number of amides is 2. The zero-order valence-electron chi connectivity index (χ0n) is 21.1. The van der Waals surface area contributed by atoms with Crippen molar-refractivity contribution in [3.05, 3.63) is 24.3 Å². The van der Waals surface area contributed by atoms with Crippen LogP contribution in [-0.4, -0.2) is 50.2 Å². The van der Waals surface area contributed by atoms with Crippen molar-refractivity contribution >= 4 is 23.5 Å². The molecule has 1 aliphatic rings. The lowest BCUT2D eigenvalue weighted by atomic mass is 10.1. The van der Waals surface area contributed by atoms with Crippen LogP contribution in [0.25, 0.3) is 0 Å². The highest BCUT2D eigenvalue weighted by Crippen LogP contribution is 2.22. The number of nitrogens with one attached hydrogen (secondary N) is 3. The second-order valence-corrected chi connectivity index (χ2v) is 8.77. The number of unbranched alkanes of at least 4 members (excludes halogenated alkanes) is 3. The Hall–Kier alpha value is -2.65. The highest BCUT2D eigenvalue weighted by Gasteiger charge is 2.24. The normalized spacial score (nSPS) is 14.3. The summed E-state index contributed by atoms with van der Waals surface area (Å²) in [6.45, 7) is 2.61. The summed E-state index contributed by atoms with van der Waals surface area (Å²) in [7, 11) is 1.75. The van der Waals surface area contributed by atoms with Crippen LogP contribution in [-0.2, 0) is 24.0 Å². The number of carbonyl (C=O) groups excluding carboxylic acids is 3. The van der Waals surface area contributed by atoms with Gasteiger partial charge >= 0.3 is 5.97 Å². The average molecular weight is 492 g/mol. The van der Waals surface area contributed by atoms with Crippen molar-refractivity contribution in [2.75, 3.05) is 25.6 Å². The largest absolute Gasteiger partial charge is 0.493 e. The minimum atomic E-state index is -0.405. The van der Waals surface area contributed by atoms with Gasteiger partial charge in [0, 0.05) is 31.0 Å². The van der Waals surface area contributed by atoms with Crippen LogP contribution in [0.4, 0.5) is 5.69 Å². The molecule has 1 atom stereocenters. The average Bonchev–Trinajstić information content (AvgIpc) is 3.36. The van der Waals surface area contributed by atoms with Crippen molar-refractivity contribution < 1.29 is 28.7 Å². The van der Waals surface area contributed by atoms with Gasteiger partial charge in [0.15, 0.2) is 0 Å². The Morgan fingerprint density at radius 1 is 1.03 bits per heavy atom. The molecule has 0 bridgehead atoms. The van der Waals surface area contributed by atoms with Crippen LogP contribution in [0.2, 0.25) is 0 Å². The molecule has 9 heteroatoms. The zero-order valence-corrected chi connectivity index (χ0v) is 21.1. The minimum absolute atomic E-state index is 0.0479. The quantitative estimate of drug-likeness (QED) is 0.172. The van der Waals surface area contributed by atoms with Crippen LogP contribution in [0.15, 0.2) is 24.3 Å². The number of rotatable bonds is 17. The molecule has 3 N–H and O–H groups in total. The maximum Gasteiger partial charge on any atom is 0.323 e. The topological polar surface area (TPSA) is 115 Å². The molecule has 0 saturated heterocycles. The van der Waals surface area contributed by atoms with E-state index in [1.54, 1.807) is 13.1 Å². The zero-order chi connectivity index (χ0) is 25.3. The second-order valence-electron chi connectivity index (χ2n) is 8.77. The van der Waals surface area contributed by atoms with Gasteiger partial charge in [-0.2, -0.15) is 0 Å². The molecule has 35 heavy (non-hydrogen) atoms. The van der Waals surface area contributed by atoms with Gasteiger partial charge in [0.1, 0.15) is 17.9 Å². The van der Waals surface area contributed by atoms with Gasteiger partial charge in [0.25, 0.3) is 0 Å². The summed E-state index contributed by atoms with van der Waals surface area (Å²) < 4.78 is 11.4. The molecule has 0 radical (unpaired) electrons. The summed E-state index contributed by atoms with van der Waals surface area (Å²) in [5.74, 6) is 0.239. The van der Waals surface area contributed by atoms with Gasteiger partial charge in [-0.1, -0.05) is 18.9 Å². The Labute approximate surface area is 208 Å². The lowest BCUT2D eigenvalue weighted by Crippen LogP contribution is -2.38. The number of benzene rings is 1. The molecule has 0 spiro atoms. The molecule has 1 aromatic carbocycles. The Morgan fingerprint density at radius 2 is 1.74 bits per heavy atom. The van der Waals surface area contributed by atoms with Gasteiger partial charge < -0.3 is 20.1 Å². The maximum atomic E-state index is 12.3. The monoisotopic (exact) mass is 491 g/mol. The van der Waals surface area contributed by atoms with Crippen molar-refractivity contribution in [2.24, 2.45) is 0 Å². The summed E-state index contributed by atoms with van der Waals surface area (Å²) in [4.78, 5) is 40.9. The summed E-state index contributed by atoms with van der Waals surface area (Å²) in [5.41, 5.74) is 3.05. The van der Waals surface area contributed by atoms with E-state index >= 15 is 0 Å². The lowest BCUT2D eigenvalue weighted by molar-refractivity contribution is -0.151. The first kappa shape index (κ1) is 28.6. The van der Waals surface area contributed by atoms with Crippen LogP contribution in [0, 0.1) is 0 Å². The van der Waals surface area contributed by atoms with E-state index in [-0.39, 0.29) is 23.9 Å². The van der Waals surface area contributed by atoms with E-state index < -0.39 is 6.04 Å². The van der Waals surface area contributed by atoms with E-state index in [0.29, 0.717) is 43.9 Å². The van der Waals surface area contributed by atoms with Gasteiger partial charge in [-0.05, 0) is 64.6 Å². The lowest BCUT2D eigenvalue weighted by Gasteiger charge is -2.18. The molecule has 196 valence electrons. The van der Waals surface area contributed by atoms with Crippen LogP contribution in [0.5, 0.6) is 5.75 Å². The van der Waals surface area contributed by atoms with Crippen molar-refractivity contribution in [1.82, 2.24) is 10.8 Å². The molecule has 1 fully saturated rings. The standard InChI is InChI=1S/C26H41N3O6/c1-3-34-29-25(31)16-7-5-4-6-15-24(30)28-20-11-10-14-22(19-20)33-18-17-23(27-2)26(32)35-21-12-8-9-13-21/h10-11,14,19,21,23,27H,3-9,12-13,15-18H2,1-2H3,(H,28,30)(H,29,31)/t23-/m0/s1. The summed E-state index contributed by atoms with van der Waals surface area (Å²) >= 11 is 0. The van der Waals surface area contributed by atoms with Crippen LogP contribution in [0.1, 0.15) is 77.6 Å². The molecule has 9 nitrogen and oxygen atoms in total. The number of likely N-dealkylation sites (N-methyl/N-ethyl adjacent to an activating group) is 1. The SMILES string of the molecule is CCONC(=O)CCCCCCC(=O)Nc1cccc(OCC[C@H](NC)C(=O)OC2CCCC2)c1. The molecule has 0 aliphatic heterocycles. The van der Waals surface area contributed by atoms with Gasteiger partial charge in [-0.25, -0.2) is 5.48 Å². The number of ether oxygens (including phenoxy) is 2. The Morgan fingerprint density at radius 3 is 2.43 bits per heavy atom. The second kappa shape index (κ2) is 16.9. The first-order valence-corrected chi connectivity index (χ1v) is 12.8. The van der Waals surface area contributed by atoms with Gasteiger partial charge in [0.05, 0.1) is 13.2 Å². The Balaban J connectivity index is 1.62. The van der Waals surface area contributed by atoms with Gasteiger partial charge in [-0.3, -0.25) is 19.2 Å². The van der Waals surface area contributed by atoms with Crippen LogP contribution >= 0.6 is 0 Å². The third kappa shape index (κ3) is 12.0. The van der Waals surface area contributed by atoms with Crippen molar-refractivity contribution in [3.63, 3.8) is 0 Å². The molecule has 2 amide bonds. The summed E-state index contributed by atoms with van der Waals surface area (Å²) in [6, 6.07) is 6.83. The molecule has 2 rings (SSSR count). The molecule has 0 aromatic heterocycles. The van der Waals surface area contributed by atoms with E-state index in [4.69, 9.17) is 14.3 Å². The fourth-order valence-corrected chi connectivity index (χ4v) is 3.94. The van der Waals surface area contributed by atoms with Gasteiger partial charge in [-0.15, -0.1) is 0 Å². The van der Waals surface area contributed by atoms with Crippen molar-refractivity contribution in [3.8, 4) is 5.75 Å². The molecule has 1 aliphatic carbocycles. The Kier molecular flexibility index (Phi) is 13.8. The van der Waals surface area contributed by atoms with Crippen LogP contribution < -0.4 is 20.9 Å². The molecule has 1 aromatic rings. The van der Waals surface area contributed by atoms with Crippen LogP contribution in [0.3, 0.4) is 0 Å². The number of hydrogen-bond acceptors (Lipinski definition) is 7. The van der Waals surface area contributed by atoms with E-state index in [1.807, 2.05) is 25.1 Å². The third-order valence-electron chi connectivity index (χ3n) is 5.90.